The normalized spacial score (nSPS) is 13.3. The first kappa shape index (κ1) is 12.2. The quantitative estimate of drug-likeness (QED) is 0.932. The van der Waals surface area contributed by atoms with Gasteiger partial charge < -0.3 is 9.84 Å². The second-order valence-electron chi connectivity index (χ2n) is 4.59. The van der Waals surface area contributed by atoms with Crippen LogP contribution in [0.25, 0.3) is 0 Å². The summed E-state index contributed by atoms with van der Waals surface area (Å²) in [5, 5.41) is 9.37. The molecule has 1 heterocycles. The Labute approximate surface area is 114 Å². The molecule has 2 aromatic rings. The summed E-state index contributed by atoms with van der Waals surface area (Å²) in [5.41, 5.74) is 3.20. The fourth-order valence-electron chi connectivity index (χ4n) is 2.33. The van der Waals surface area contributed by atoms with Gasteiger partial charge in [-0.15, -0.1) is 0 Å². The van der Waals surface area contributed by atoms with Crippen molar-refractivity contribution in [3.05, 3.63) is 39.9 Å². The van der Waals surface area contributed by atoms with E-state index in [2.05, 4.69) is 11.1 Å². The van der Waals surface area contributed by atoms with Crippen molar-refractivity contribution in [1.29, 1.82) is 0 Å². The molecule has 19 heavy (non-hydrogen) atoms. The molecule has 3 rings (SSSR count). The molecular formula is C14H13NO3S. The Kier molecular flexibility index (Phi) is 2.98. The molecule has 0 saturated heterocycles. The standard InChI is InChI=1S/C14H13NO3S/c1-8-12(13(16)17)19-14(15-8)18-11-6-5-9-3-2-4-10(9)7-11/h5-7H,2-4H2,1H3,(H,16,17). The molecule has 1 N–H and O–H groups in total. The van der Waals surface area contributed by atoms with Gasteiger partial charge in [-0.1, -0.05) is 17.4 Å². The highest BCUT2D eigenvalue weighted by molar-refractivity contribution is 7.15. The van der Waals surface area contributed by atoms with Gasteiger partial charge in [0.05, 0.1) is 5.69 Å². The van der Waals surface area contributed by atoms with Crippen LogP contribution in [-0.2, 0) is 12.8 Å². The second kappa shape index (κ2) is 4.66. The van der Waals surface area contributed by atoms with Crippen molar-refractivity contribution in [3.63, 3.8) is 0 Å². The first-order chi connectivity index (χ1) is 9.13. The van der Waals surface area contributed by atoms with E-state index in [1.54, 1.807) is 6.92 Å². The van der Waals surface area contributed by atoms with Crippen molar-refractivity contribution in [1.82, 2.24) is 4.98 Å². The van der Waals surface area contributed by atoms with Crippen molar-refractivity contribution in [2.75, 3.05) is 0 Å². The van der Waals surface area contributed by atoms with Gasteiger partial charge in [-0.3, -0.25) is 0 Å². The summed E-state index contributed by atoms with van der Waals surface area (Å²) in [7, 11) is 0. The maximum Gasteiger partial charge on any atom is 0.347 e. The van der Waals surface area contributed by atoms with E-state index in [0.717, 1.165) is 29.9 Å². The average Bonchev–Trinajstić information content (AvgIpc) is 2.95. The van der Waals surface area contributed by atoms with Gasteiger partial charge in [-0.2, -0.15) is 0 Å². The van der Waals surface area contributed by atoms with Gasteiger partial charge in [0.1, 0.15) is 10.6 Å². The molecule has 1 aliphatic carbocycles. The highest BCUT2D eigenvalue weighted by Gasteiger charge is 2.16. The topological polar surface area (TPSA) is 59.4 Å². The number of carbonyl (C=O) groups is 1. The number of thiazole rings is 1. The largest absolute Gasteiger partial charge is 0.477 e. The van der Waals surface area contributed by atoms with E-state index in [1.165, 1.54) is 17.5 Å². The molecule has 5 heteroatoms. The summed E-state index contributed by atoms with van der Waals surface area (Å²) in [6.45, 7) is 1.68. The summed E-state index contributed by atoms with van der Waals surface area (Å²) >= 11 is 1.06. The predicted octanol–water partition coefficient (Wildman–Crippen LogP) is 3.43. The van der Waals surface area contributed by atoms with Gasteiger partial charge in [0.15, 0.2) is 0 Å². The molecular weight excluding hydrogens is 262 g/mol. The van der Waals surface area contributed by atoms with Crippen LogP contribution >= 0.6 is 11.3 Å². The van der Waals surface area contributed by atoms with Crippen molar-refractivity contribution < 1.29 is 14.6 Å². The lowest BCUT2D eigenvalue weighted by molar-refractivity contribution is 0.0701. The summed E-state index contributed by atoms with van der Waals surface area (Å²) < 4.78 is 5.66. The van der Waals surface area contributed by atoms with Crippen molar-refractivity contribution in [2.24, 2.45) is 0 Å². The Balaban J connectivity index is 1.85. The molecule has 0 spiro atoms. The summed E-state index contributed by atoms with van der Waals surface area (Å²) in [6.07, 6.45) is 3.41. The third-order valence-electron chi connectivity index (χ3n) is 3.25. The van der Waals surface area contributed by atoms with Gasteiger partial charge in [0, 0.05) is 0 Å². The number of aromatic carboxylic acids is 1. The minimum atomic E-state index is -0.959. The van der Waals surface area contributed by atoms with Gasteiger partial charge in [0.25, 0.3) is 5.19 Å². The summed E-state index contributed by atoms with van der Waals surface area (Å²) in [5.74, 6) is -0.231. The number of carboxylic acids is 1. The van der Waals surface area contributed by atoms with Crippen LogP contribution in [0.15, 0.2) is 18.2 Å². The molecule has 0 fully saturated rings. The fraction of sp³-hybridized carbons (Fsp3) is 0.286. The molecule has 1 aliphatic rings. The van der Waals surface area contributed by atoms with Crippen LogP contribution in [0.2, 0.25) is 0 Å². The van der Waals surface area contributed by atoms with Crippen LogP contribution in [0.5, 0.6) is 10.9 Å². The van der Waals surface area contributed by atoms with E-state index in [1.807, 2.05) is 12.1 Å². The Hall–Kier alpha value is -1.88. The lowest BCUT2D eigenvalue weighted by Crippen LogP contribution is -1.94. The van der Waals surface area contributed by atoms with E-state index >= 15 is 0 Å². The Bertz CT molecular complexity index is 648. The molecule has 1 aromatic carbocycles. The maximum atomic E-state index is 11.0. The zero-order chi connectivity index (χ0) is 13.4. The van der Waals surface area contributed by atoms with E-state index < -0.39 is 5.97 Å². The minimum Gasteiger partial charge on any atom is -0.477 e. The number of benzene rings is 1. The predicted molar refractivity (Wildman–Crippen MR) is 72.4 cm³/mol. The number of hydrogen-bond donors (Lipinski definition) is 1. The van der Waals surface area contributed by atoms with Crippen LogP contribution in [0.1, 0.15) is 32.9 Å². The first-order valence-corrected chi connectivity index (χ1v) is 6.95. The second-order valence-corrected chi connectivity index (χ2v) is 5.55. The molecule has 98 valence electrons. The zero-order valence-corrected chi connectivity index (χ0v) is 11.3. The van der Waals surface area contributed by atoms with Crippen LogP contribution in [-0.4, -0.2) is 16.1 Å². The van der Waals surface area contributed by atoms with E-state index in [0.29, 0.717) is 10.9 Å². The number of hydrogen-bond acceptors (Lipinski definition) is 4. The molecule has 1 aromatic heterocycles. The Morgan fingerprint density at radius 1 is 1.37 bits per heavy atom. The number of carboxylic acid groups (broad SMARTS) is 1. The SMILES string of the molecule is Cc1nc(Oc2ccc3c(c2)CCC3)sc1C(=O)O. The zero-order valence-electron chi connectivity index (χ0n) is 10.5. The number of rotatable bonds is 3. The number of ether oxygens (including phenoxy) is 1. The molecule has 0 atom stereocenters. The van der Waals surface area contributed by atoms with E-state index in [4.69, 9.17) is 9.84 Å². The number of nitrogens with zero attached hydrogens (tertiary/aromatic N) is 1. The van der Waals surface area contributed by atoms with Gasteiger partial charge in [-0.25, -0.2) is 9.78 Å². The fourth-order valence-corrected chi connectivity index (χ4v) is 3.10. The maximum absolute atomic E-state index is 11.0. The van der Waals surface area contributed by atoms with Crippen molar-refractivity contribution >= 4 is 17.3 Å². The average molecular weight is 275 g/mol. The Morgan fingerprint density at radius 2 is 2.16 bits per heavy atom. The number of aromatic nitrogens is 1. The molecule has 0 bridgehead atoms. The van der Waals surface area contributed by atoms with Gasteiger partial charge >= 0.3 is 5.97 Å². The van der Waals surface area contributed by atoms with Crippen molar-refractivity contribution in [3.8, 4) is 10.9 Å². The van der Waals surface area contributed by atoms with Crippen molar-refractivity contribution in [2.45, 2.75) is 26.2 Å². The third-order valence-corrected chi connectivity index (χ3v) is 4.27. The van der Waals surface area contributed by atoms with Crippen LogP contribution in [0.3, 0.4) is 0 Å². The molecule has 0 unspecified atom stereocenters. The smallest absolute Gasteiger partial charge is 0.347 e. The van der Waals surface area contributed by atoms with Gasteiger partial charge in [-0.05, 0) is 49.4 Å². The Morgan fingerprint density at radius 3 is 2.89 bits per heavy atom. The number of aryl methyl sites for hydroxylation is 3. The molecule has 0 saturated carbocycles. The van der Waals surface area contributed by atoms with Crippen LogP contribution in [0.4, 0.5) is 0 Å². The molecule has 4 nitrogen and oxygen atoms in total. The lowest BCUT2D eigenvalue weighted by atomic mass is 10.1. The highest BCUT2D eigenvalue weighted by Crippen LogP contribution is 2.32. The minimum absolute atomic E-state index is 0.233. The number of fused-ring (bicyclic) bond motifs is 1. The lowest BCUT2D eigenvalue weighted by Gasteiger charge is -2.04. The monoisotopic (exact) mass is 275 g/mol. The van der Waals surface area contributed by atoms with E-state index in [-0.39, 0.29) is 4.88 Å². The molecule has 0 radical (unpaired) electrons. The molecule has 0 aliphatic heterocycles. The summed E-state index contributed by atoms with van der Waals surface area (Å²) in [6, 6.07) is 6.02. The van der Waals surface area contributed by atoms with Crippen LogP contribution < -0.4 is 4.74 Å². The third kappa shape index (κ3) is 2.33. The van der Waals surface area contributed by atoms with Gasteiger partial charge in [0.2, 0.25) is 0 Å². The van der Waals surface area contributed by atoms with E-state index in [9.17, 15) is 4.79 Å². The first-order valence-electron chi connectivity index (χ1n) is 6.14. The molecule has 0 amide bonds. The summed E-state index contributed by atoms with van der Waals surface area (Å²) in [4.78, 5) is 15.3. The van der Waals surface area contributed by atoms with Crippen LogP contribution in [0, 0.1) is 6.92 Å². The highest BCUT2D eigenvalue weighted by atomic mass is 32.1.